The number of hydrogen-bond acceptors (Lipinski definition) is 4. The van der Waals surface area contributed by atoms with Crippen molar-refractivity contribution in [3.8, 4) is 0 Å². The molecule has 98 valence electrons. The molecule has 0 radical (unpaired) electrons. The lowest BCUT2D eigenvalue weighted by molar-refractivity contribution is -0.137. The lowest BCUT2D eigenvalue weighted by Gasteiger charge is -2.38. The zero-order valence-electron chi connectivity index (χ0n) is 10.7. The van der Waals surface area contributed by atoms with Gasteiger partial charge in [0.1, 0.15) is 5.60 Å². The van der Waals surface area contributed by atoms with Gasteiger partial charge in [-0.15, -0.1) is 0 Å². The molecule has 0 aromatic heterocycles. The van der Waals surface area contributed by atoms with E-state index < -0.39 is 5.60 Å². The number of carbonyl (C=O) groups is 1. The average Bonchev–Trinajstić information content (AvgIpc) is 2.53. The van der Waals surface area contributed by atoms with Crippen molar-refractivity contribution in [3.05, 3.63) is 0 Å². The van der Waals surface area contributed by atoms with Crippen molar-refractivity contribution >= 4 is 6.09 Å². The van der Waals surface area contributed by atoms with Gasteiger partial charge in [-0.2, -0.15) is 0 Å². The van der Waals surface area contributed by atoms with Crippen molar-refractivity contribution in [2.75, 3.05) is 19.8 Å². The second-order valence-corrected chi connectivity index (χ2v) is 5.93. The van der Waals surface area contributed by atoms with Crippen LogP contribution in [0.2, 0.25) is 0 Å². The first-order chi connectivity index (χ1) is 7.85. The summed E-state index contributed by atoms with van der Waals surface area (Å²) in [5.41, 5.74) is -0.725. The molecule has 2 aliphatic heterocycles. The third-order valence-corrected chi connectivity index (χ3v) is 3.31. The normalized spacial score (nSPS) is 32.7. The summed E-state index contributed by atoms with van der Waals surface area (Å²) in [5.74, 6) is 0. The molecule has 2 saturated heterocycles. The SMILES string of the molecule is CC(C)(C)OC(=O)N1CC2(CCO2)C[C@H]1CO. The van der Waals surface area contributed by atoms with Gasteiger partial charge in [-0.3, -0.25) is 4.90 Å². The Bertz CT molecular complexity index is 306. The highest BCUT2D eigenvalue weighted by Crippen LogP contribution is 2.39. The second-order valence-electron chi connectivity index (χ2n) is 5.93. The van der Waals surface area contributed by atoms with Gasteiger partial charge in [0.25, 0.3) is 0 Å². The largest absolute Gasteiger partial charge is 0.444 e. The van der Waals surface area contributed by atoms with Gasteiger partial charge in [-0.1, -0.05) is 0 Å². The summed E-state index contributed by atoms with van der Waals surface area (Å²) in [7, 11) is 0. The molecule has 0 saturated carbocycles. The Labute approximate surface area is 102 Å². The molecule has 0 aliphatic carbocycles. The molecular formula is C12H21NO4. The fraction of sp³-hybridized carbons (Fsp3) is 0.917. The van der Waals surface area contributed by atoms with E-state index in [4.69, 9.17) is 9.47 Å². The van der Waals surface area contributed by atoms with E-state index in [9.17, 15) is 9.90 Å². The van der Waals surface area contributed by atoms with E-state index in [-0.39, 0.29) is 24.3 Å². The van der Waals surface area contributed by atoms with Crippen LogP contribution in [0.1, 0.15) is 33.6 Å². The maximum Gasteiger partial charge on any atom is 0.410 e. The van der Waals surface area contributed by atoms with Crippen LogP contribution in [0.25, 0.3) is 0 Å². The molecule has 0 aromatic rings. The van der Waals surface area contributed by atoms with E-state index in [0.29, 0.717) is 13.0 Å². The van der Waals surface area contributed by atoms with Gasteiger partial charge in [-0.25, -0.2) is 4.79 Å². The highest BCUT2D eigenvalue weighted by atomic mass is 16.6. The minimum Gasteiger partial charge on any atom is -0.444 e. The Hall–Kier alpha value is -0.810. The summed E-state index contributed by atoms with van der Waals surface area (Å²) >= 11 is 0. The van der Waals surface area contributed by atoms with E-state index in [1.54, 1.807) is 4.90 Å². The van der Waals surface area contributed by atoms with Crippen LogP contribution in [0.15, 0.2) is 0 Å². The van der Waals surface area contributed by atoms with Gasteiger partial charge in [-0.05, 0) is 20.8 Å². The topological polar surface area (TPSA) is 59.0 Å². The third-order valence-electron chi connectivity index (χ3n) is 3.31. The molecule has 1 spiro atoms. The molecule has 2 atom stereocenters. The molecule has 2 rings (SSSR count). The predicted octanol–water partition coefficient (Wildman–Crippen LogP) is 1.15. The first-order valence-corrected chi connectivity index (χ1v) is 6.10. The second kappa shape index (κ2) is 4.14. The Balaban J connectivity index is 2.01. The summed E-state index contributed by atoms with van der Waals surface area (Å²) in [6.07, 6.45) is 1.31. The van der Waals surface area contributed by atoms with Crippen LogP contribution in [0.3, 0.4) is 0 Å². The van der Waals surface area contributed by atoms with Gasteiger partial charge in [0.2, 0.25) is 0 Å². The number of carbonyl (C=O) groups excluding carboxylic acids is 1. The molecule has 0 bridgehead atoms. The summed E-state index contributed by atoms with van der Waals surface area (Å²) in [6.45, 7) is 6.76. The first-order valence-electron chi connectivity index (χ1n) is 6.10. The Morgan fingerprint density at radius 2 is 2.24 bits per heavy atom. The third kappa shape index (κ3) is 2.55. The van der Waals surface area contributed by atoms with E-state index in [1.165, 1.54) is 0 Å². The smallest absolute Gasteiger partial charge is 0.410 e. The fourth-order valence-electron chi connectivity index (χ4n) is 2.42. The molecule has 5 nitrogen and oxygen atoms in total. The predicted molar refractivity (Wildman–Crippen MR) is 61.7 cm³/mol. The van der Waals surface area contributed by atoms with Crippen molar-refractivity contribution in [3.63, 3.8) is 0 Å². The van der Waals surface area contributed by atoms with Crippen LogP contribution >= 0.6 is 0 Å². The number of likely N-dealkylation sites (tertiary alicyclic amines) is 1. The van der Waals surface area contributed by atoms with Crippen LogP contribution in [0.4, 0.5) is 4.79 Å². The van der Waals surface area contributed by atoms with Crippen LogP contribution in [0.5, 0.6) is 0 Å². The fourth-order valence-corrected chi connectivity index (χ4v) is 2.42. The van der Waals surface area contributed by atoms with Crippen LogP contribution < -0.4 is 0 Å². The lowest BCUT2D eigenvalue weighted by atomic mass is 9.92. The molecule has 1 N–H and O–H groups in total. The van der Waals surface area contributed by atoms with Crippen molar-refractivity contribution in [1.82, 2.24) is 4.90 Å². The van der Waals surface area contributed by atoms with E-state index in [0.717, 1.165) is 13.0 Å². The molecule has 2 aliphatic rings. The highest BCUT2D eigenvalue weighted by Gasteiger charge is 2.51. The van der Waals surface area contributed by atoms with Crippen LogP contribution in [0, 0.1) is 0 Å². The molecule has 17 heavy (non-hydrogen) atoms. The summed E-state index contributed by atoms with van der Waals surface area (Å²) in [5, 5.41) is 9.33. The maximum absolute atomic E-state index is 12.0. The average molecular weight is 243 g/mol. The van der Waals surface area contributed by atoms with E-state index >= 15 is 0 Å². The highest BCUT2D eigenvalue weighted by molar-refractivity contribution is 5.69. The number of amides is 1. The van der Waals surface area contributed by atoms with Crippen molar-refractivity contribution < 1.29 is 19.4 Å². The molecule has 5 heteroatoms. The number of aliphatic hydroxyl groups is 1. The van der Waals surface area contributed by atoms with Crippen LogP contribution in [-0.2, 0) is 9.47 Å². The molecule has 1 unspecified atom stereocenters. The van der Waals surface area contributed by atoms with Crippen molar-refractivity contribution in [2.24, 2.45) is 0 Å². The Kier molecular flexibility index (Phi) is 3.08. The van der Waals surface area contributed by atoms with E-state index in [2.05, 4.69) is 0 Å². The zero-order chi connectivity index (χ0) is 12.7. The zero-order valence-corrected chi connectivity index (χ0v) is 10.7. The number of nitrogens with zero attached hydrogens (tertiary/aromatic N) is 1. The summed E-state index contributed by atoms with van der Waals surface area (Å²) in [6, 6.07) is -0.176. The number of aliphatic hydroxyl groups excluding tert-OH is 1. The quantitative estimate of drug-likeness (QED) is 0.750. The van der Waals surface area contributed by atoms with Gasteiger partial charge < -0.3 is 14.6 Å². The number of rotatable bonds is 1. The standard InChI is InChI=1S/C12H21NO4/c1-11(2,3)17-10(15)13-8-12(4-5-16-12)6-9(13)7-14/h9,14H,4-8H2,1-3H3/t9-,12?/m0/s1. The Morgan fingerprint density at radius 3 is 2.65 bits per heavy atom. The Morgan fingerprint density at radius 1 is 1.59 bits per heavy atom. The molecular weight excluding hydrogens is 222 g/mol. The van der Waals surface area contributed by atoms with Gasteiger partial charge in [0.05, 0.1) is 31.4 Å². The summed E-state index contributed by atoms with van der Waals surface area (Å²) < 4.78 is 10.9. The number of ether oxygens (including phenoxy) is 2. The lowest BCUT2D eigenvalue weighted by Crippen LogP contribution is -2.47. The minimum absolute atomic E-state index is 0.0373. The van der Waals surface area contributed by atoms with Crippen molar-refractivity contribution in [1.29, 1.82) is 0 Å². The minimum atomic E-state index is -0.507. The summed E-state index contributed by atoms with van der Waals surface area (Å²) in [4.78, 5) is 13.6. The molecule has 1 amide bonds. The molecule has 2 fully saturated rings. The monoisotopic (exact) mass is 243 g/mol. The van der Waals surface area contributed by atoms with Gasteiger partial charge >= 0.3 is 6.09 Å². The first kappa shape index (κ1) is 12.6. The van der Waals surface area contributed by atoms with Gasteiger partial charge in [0, 0.05) is 12.8 Å². The molecule has 2 heterocycles. The van der Waals surface area contributed by atoms with Crippen molar-refractivity contribution in [2.45, 2.75) is 50.9 Å². The molecule has 0 aromatic carbocycles. The van der Waals surface area contributed by atoms with Gasteiger partial charge in [0.15, 0.2) is 0 Å². The number of hydrogen-bond donors (Lipinski definition) is 1. The van der Waals surface area contributed by atoms with Crippen LogP contribution in [-0.4, -0.2) is 53.1 Å². The van der Waals surface area contributed by atoms with E-state index in [1.807, 2.05) is 20.8 Å². The maximum atomic E-state index is 12.0.